The largest absolute Gasteiger partial charge is 0.341 e. The minimum atomic E-state index is -0.504. The molecule has 1 aromatic heterocycles. The number of hydrogen-bond acceptors (Lipinski definition) is 7. The molecule has 112 valence electrons. The molecule has 0 aromatic carbocycles. The molecule has 3 amide bonds. The molecule has 0 spiro atoms. The lowest BCUT2D eigenvalue weighted by atomic mass is 10.4. The normalized spacial score (nSPS) is 11.9. The Hall–Kier alpha value is -0.800. The van der Waals surface area contributed by atoms with E-state index in [0.717, 1.165) is 27.3 Å². The van der Waals surface area contributed by atoms with E-state index >= 15 is 0 Å². The quantitative estimate of drug-likeness (QED) is 0.588. The summed E-state index contributed by atoms with van der Waals surface area (Å²) in [5, 5.41) is 12.3. The molecule has 0 aliphatic heterocycles. The first-order valence-electron chi connectivity index (χ1n) is 6.22. The van der Waals surface area contributed by atoms with Crippen molar-refractivity contribution >= 4 is 46.8 Å². The maximum Gasteiger partial charge on any atom is 0.321 e. The Labute approximate surface area is 130 Å². The number of imide groups is 1. The Morgan fingerprint density at radius 1 is 1.35 bits per heavy atom. The number of hydrogen-bond donors (Lipinski definition) is 2. The molecule has 9 heteroatoms. The maximum absolute atomic E-state index is 11.7. The van der Waals surface area contributed by atoms with Gasteiger partial charge in [-0.15, -0.1) is 10.2 Å². The first-order valence-corrected chi connectivity index (χ1v) is 8.90. The summed E-state index contributed by atoms with van der Waals surface area (Å²) >= 11 is 4.46. The number of unbranched alkanes of at least 4 members (excludes halogenated alkanes) is 1. The molecule has 0 radical (unpaired) electrons. The highest BCUT2D eigenvalue weighted by Gasteiger charge is 2.18. The number of nitrogens with zero attached hydrogens (tertiary/aromatic N) is 2. The van der Waals surface area contributed by atoms with Crippen LogP contribution in [-0.2, 0) is 4.79 Å². The Kier molecular flexibility index (Phi) is 7.93. The van der Waals surface area contributed by atoms with Gasteiger partial charge in [-0.3, -0.25) is 10.1 Å². The van der Waals surface area contributed by atoms with E-state index in [0.29, 0.717) is 0 Å². The van der Waals surface area contributed by atoms with E-state index in [1.165, 1.54) is 30.1 Å². The number of carbonyl (C=O) groups excluding carboxylic acids is 2. The smallest absolute Gasteiger partial charge is 0.321 e. The van der Waals surface area contributed by atoms with Gasteiger partial charge in [-0.1, -0.05) is 48.2 Å². The summed E-state index contributed by atoms with van der Waals surface area (Å²) in [4.78, 5) is 22.7. The van der Waals surface area contributed by atoms with Crippen LogP contribution in [0, 0.1) is 0 Å². The second kappa shape index (κ2) is 9.19. The lowest BCUT2D eigenvalue weighted by Gasteiger charge is -2.08. The van der Waals surface area contributed by atoms with Gasteiger partial charge in [0.1, 0.15) is 0 Å². The van der Waals surface area contributed by atoms with Crippen LogP contribution in [0.25, 0.3) is 0 Å². The van der Waals surface area contributed by atoms with Crippen LogP contribution < -0.4 is 10.6 Å². The van der Waals surface area contributed by atoms with Gasteiger partial charge in [-0.05, 0) is 13.3 Å². The molecule has 0 saturated carbocycles. The highest BCUT2D eigenvalue weighted by molar-refractivity contribution is 8.03. The van der Waals surface area contributed by atoms with Gasteiger partial charge in [-0.25, -0.2) is 4.79 Å². The molecule has 1 atom stereocenters. The van der Waals surface area contributed by atoms with Crippen LogP contribution >= 0.6 is 34.9 Å². The van der Waals surface area contributed by atoms with Crippen LogP contribution in [0.2, 0.25) is 0 Å². The highest BCUT2D eigenvalue weighted by Crippen LogP contribution is 2.31. The standard InChI is InChI=1S/C11H18N4O2S3/c1-4-5-6-18-10-14-15-11(20-10)19-7(2)8(16)13-9(17)12-3/h7H,4-6H2,1-3H3,(H2,12,13,16,17)/t7-/m0/s1. The molecule has 0 aliphatic carbocycles. The van der Waals surface area contributed by atoms with Crippen molar-refractivity contribution in [3.63, 3.8) is 0 Å². The van der Waals surface area contributed by atoms with Crippen molar-refractivity contribution in [2.24, 2.45) is 0 Å². The SMILES string of the molecule is CCCCSc1nnc(S[C@@H](C)C(=O)NC(=O)NC)s1. The average molecular weight is 334 g/mol. The second-order valence-corrected chi connectivity index (χ2v) is 7.77. The van der Waals surface area contributed by atoms with E-state index in [9.17, 15) is 9.59 Å². The zero-order valence-electron chi connectivity index (χ0n) is 11.6. The van der Waals surface area contributed by atoms with Crippen molar-refractivity contribution in [2.75, 3.05) is 12.8 Å². The van der Waals surface area contributed by atoms with Crippen LogP contribution in [0.4, 0.5) is 4.79 Å². The van der Waals surface area contributed by atoms with Gasteiger partial charge in [0.2, 0.25) is 5.91 Å². The molecule has 0 saturated heterocycles. The maximum atomic E-state index is 11.7. The van der Waals surface area contributed by atoms with Crippen molar-refractivity contribution in [1.82, 2.24) is 20.8 Å². The van der Waals surface area contributed by atoms with Crippen LogP contribution in [0.1, 0.15) is 26.7 Å². The summed E-state index contributed by atoms with van der Waals surface area (Å²) in [6.45, 7) is 3.88. The molecular weight excluding hydrogens is 316 g/mol. The molecule has 0 bridgehead atoms. The lowest BCUT2D eigenvalue weighted by molar-refractivity contribution is -0.119. The summed E-state index contributed by atoms with van der Waals surface area (Å²) in [5.74, 6) is 0.687. The molecule has 1 heterocycles. The topological polar surface area (TPSA) is 84.0 Å². The van der Waals surface area contributed by atoms with Gasteiger partial charge in [0.15, 0.2) is 8.68 Å². The number of amides is 3. The number of nitrogens with one attached hydrogen (secondary N) is 2. The Morgan fingerprint density at radius 2 is 2.05 bits per heavy atom. The molecular formula is C11H18N4O2S3. The number of aromatic nitrogens is 2. The summed E-state index contributed by atoms with van der Waals surface area (Å²) in [6, 6.07) is -0.504. The summed E-state index contributed by atoms with van der Waals surface area (Å²) < 4.78 is 1.66. The van der Waals surface area contributed by atoms with Crippen molar-refractivity contribution < 1.29 is 9.59 Å². The Balaban J connectivity index is 2.43. The third-order valence-corrected chi connectivity index (χ3v) is 5.55. The van der Waals surface area contributed by atoms with E-state index in [1.807, 2.05) is 0 Å². The van der Waals surface area contributed by atoms with Crippen LogP contribution in [0.5, 0.6) is 0 Å². The Morgan fingerprint density at radius 3 is 2.70 bits per heavy atom. The van der Waals surface area contributed by atoms with Gasteiger partial charge in [-0.2, -0.15) is 0 Å². The van der Waals surface area contributed by atoms with Gasteiger partial charge in [0.05, 0.1) is 5.25 Å². The first-order chi connectivity index (χ1) is 9.56. The predicted molar refractivity (Wildman–Crippen MR) is 83.5 cm³/mol. The fourth-order valence-corrected chi connectivity index (χ4v) is 4.41. The van der Waals surface area contributed by atoms with Gasteiger partial charge >= 0.3 is 6.03 Å². The van der Waals surface area contributed by atoms with E-state index < -0.39 is 11.3 Å². The first kappa shape index (κ1) is 17.3. The zero-order valence-corrected chi connectivity index (χ0v) is 14.1. The van der Waals surface area contributed by atoms with E-state index in [-0.39, 0.29) is 5.91 Å². The summed E-state index contributed by atoms with van der Waals surface area (Å²) in [7, 11) is 1.46. The number of carbonyl (C=O) groups is 2. The third kappa shape index (κ3) is 6.10. The highest BCUT2D eigenvalue weighted by atomic mass is 32.2. The van der Waals surface area contributed by atoms with Crippen LogP contribution in [0.15, 0.2) is 8.68 Å². The molecule has 20 heavy (non-hydrogen) atoms. The van der Waals surface area contributed by atoms with Gasteiger partial charge < -0.3 is 5.32 Å². The molecule has 6 nitrogen and oxygen atoms in total. The molecule has 0 fully saturated rings. The van der Waals surface area contributed by atoms with Crippen LogP contribution in [0.3, 0.4) is 0 Å². The molecule has 1 aromatic rings. The fourth-order valence-electron chi connectivity index (χ4n) is 1.09. The monoisotopic (exact) mass is 334 g/mol. The van der Waals surface area contributed by atoms with Crippen molar-refractivity contribution in [3.8, 4) is 0 Å². The number of rotatable bonds is 7. The third-order valence-electron chi connectivity index (χ3n) is 2.22. The number of urea groups is 1. The van der Waals surface area contributed by atoms with Crippen molar-refractivity contribution in [1.29, 1.82) is 0 Å². The second-order valence-electron chi connectivity index (χ2n) is 3.86. The summed E-state index contributed by atoms with van der Waals surface area (Å²) in [5.41, 5.74) is 0. The molecule has 2 N–H and O–H groups in total. The minimum Gasteiger partial charge on any atom is -0.341 e. The lowest BCUT2D eigenvalue weighted by Crippen LogP contribution is -2.41. The number of thioether (sulfide) groups is 2. The zero-order chi connectivity index (χ0) is 15.0. The molecule has 0 aliphatic rings. The predicted octanol–water partition coefficient (Wildman–Crippen LogP) is 2.37. The van der Waals surface area contributed by atoms with Crippen molar-refractivity contribution in [2.45, 2.75) is 40.6 Å². The molecule has 0 unspecified atom stereocenters. The molecule has 1 rings (SSSR count). The van der Waals surface area contributed by atoms with Crippen LogP contribution in [-0.4, -0.2) is 40.2 Å². The average Bonchev–Trinajstić information content (AvgIpc) is 2.86. The fraction of sp³-hybridized carbons (Fsp3) is 0.636. The van der Waals surface area contributed by atoms with Crippen molar-refractivity contribution in [3.05, 3.63) is 0 Å². The van der Waals surface area contributed by atoms with E-state index in [4.69, 9.17) is 0 Å². The minimum absolute atomic E-state index is 0.343. The summed E-state index contributed by atoms with van der Waals surface area (Å²) in [6.07, 6.45) is 2.31. The Bertz CT molecular complexity index is 453. The van der Waals surface area contributed by atoms with E-state index in [1.54, 1.807) is 18.7 Å². The van der Waals surface area contributed by atoms with E-state index in [2.05, 4.69) is 27.8 Å². The van der Waals surface area contributed by atoms with Gasteiger partial charge in [0.25, 0.3) is 0 Å². The van der Waals surface area contributed by atoms with Gasteiger partial charge in [0, 0.05) is 12.8 Å².